The lowest BCUT2D eigenvalue weighted by atomic mass is 9.85. The summed E-state index contributed by atoms with van der Waals surface area (Å²) in [6.45, 7) is 0. The van der Waals surface area contributed by atoms with Crippen molar-refractivity contribution in [3.8, 4) is 17.2 Å². The lowest BCUT2D eigenvalue weighted by Gasteiger charge is -2.32. The average Bonchev–Trinajstić information content (AvgIpc) is 2.57. The van der Waals surface area contributed by atoms with Crippen LogP contribution in [0.15, 0.2) is 34.8 Å². The zero-order chi connectivity index (χ0) is 22.4. The zero-order valence-corrected chi connectivity index (χ0v) is 15.1. The SMILES string of the molecule is N#Cc1ccc(-c2c(Br)[c]c(C(F)(F)F)cc2C(F)(C(F)(F)F)C(F)(F)F)cc1. The van der Waals surface area contributed by atoms with Crippen molar-refractivity contribution < 1.29 is 43.9 Å². The van der Waals surface area contributed by atoms with E-state index in [-0.39, 0.29) is 5.56 Å². The van der Waals surface area contributed by atoms with Crippen molar-refractivity contribution >= 4 is 15.9 Å². The van der Waals surface area contributed by atoms with Crippen molar-refractivity contribution in [2.24, 2.45) is 0 Å². The number of hydrogen-bond acceptors (Lipinski definition) is 1. The molecular formula is C17H5BrF10N. The first-order valence-corrected chi connectivity index (χ1v) is 7.99. The van der Waals surface area contributed by atoms with Crippen LogP contribution >= 0.6 is 15.9 Å². The first kappa shape index (κ1) is 23.0. The normalized spacial score (nSPS) is 13.3. The number of halogens is 11. The highest BCUT2D eigenvalue weighted by Crippen LogP contribution is 2.57. The Morgan fingerprint density at radius 3 is 1.69 bits per heavy atom. The second-order valence-corrected chi connectivity index (χ2v) is 6.42. The third kappa shape index (κ3) is 4.05. The average molecular weight is 493 g/mol. The van der Waals surface area contributed by atoms with E-state index in [9.17, 15) is 43.9 Å². The minimum absolute atomic E-state index is 0.0412. The van der Waals surface area contributed by atoms with Gasteiger partial charge in [-0.2, -0.15) is 44.8 Å². The molecule has 29 heavy (non-hydrogen) atoms. The molecule has 0 unspecified atom stereocenters. The Labute approximate surface area is 164 Å². The van der Waals surface area contributed by atoms with E-state index >= 15 is 0 Å². The summed E-state index contributed by atoms with van der Waals surface area (Å²) in [5.74, 6) is 0. The quantitative estimate of drug-likeness (QED) is 0.410. The maximum absolute atomic E-state index is 14.7. The number of rotatable bonds is 2. The van der Waals surface area contributed by atoms with Gasteiger partial charge in [-0.05, 0) is 39.7 Å². The van der Waals surface area contributed by atoms with Gasteiger partial charge in [-0.1, -0.05) is 12.1 Å². The maximum atomic E-state index is 14.7. The van der Waals surface area contributed by atoms with Crippen LogP contribution in [0.1, 0.15) is 16.7 Å². The van der Waals surface area contributed by atoms with Crippen LogP contribution in [0.25, 0.3) is 11.1 Å². The number of nitrogens with zero attached hydrogens (tertiary/aromatic N) is 1. The second kappa shape index (κ2) is 7.19. The predicted molar refractivity (Wildman–Crippen MR) is 83.0 cm³/mol. The Kier molecular flexibility index (Phi) is 5.70. The van der Waals surface area contributed by atoms with E-state index in [0.717, 1.165) is 24.3 Å². The second-order valence-electron chi connectivity index (χ2n) is 5.63. The minimum atomic E-state index is -6.63. The number of hydrogen-bond donors (Lipinski definition) is 0. The van der Waals surface area contributed by atoms with Crippen LogP contribution in [-0.4, -0.2) is 12.4 Å². The van der Waals surface area contributed by atoms with Crippen molar-refractivity contribution in [1.82, 2.24) is 0 Å². The Hall–Kier alpha value is -2.29. The summed E-state index contributed by atoms with van der Waals surface area (Å²) in [4.78, 5) is 0. The fourth-order valence-electron chi connectivity index (χ4n) is 2.44. The first-order chi connectivity index (χ1) is 13.0. The van der Waals surface area contributed by atoms with Crippen LogP contribution < -0.4 is 0 Å². The van der Waals surface area contributed by atoms with Gasteiger partial charge in [0.15, 0.2) is 0 Å². The van der Waals surface area contributed by atoms with E-state index in [1.54, 1.807) is 12.1 Å². The summed E-state index contributed by atoms with van der Waals surface area (Å²) in [6.07, 6.45) is -18.7. The highest BCUT2D eigenvalue weighted by molar-refractivity contribution is 9.10. The maximum Gasteiger partial charge on any atom is 0.435 e. The molecule has 1 radical (unpaired) electrons. The molecule has 155 valence electrons. The van der Waals surface area contributed by atoms with Gasteiger partial charge in [0, 0.05) is 21.7 Å². The van der Waals surface area contributed by atoms with Gasteiger partial charge in [-0.3, -0.25) is 0 Å². The largest absolute Gasteiger partial charge is 0.435 e. The van der Waals surface area contributed by atoms with E-state index in [4.69, 9.17) is 5.26 Å². The molecule has 0 saturated carbocycles. The Balaban J connectivity index is 3.00. The zero-order valence-electron chi connectivity index (χ0n) is 13.5. The molecular weight excluding hydrogens is 488 g/mol. The smallest absolute Gasteiger partial charge is 0.218 e. The van der Waals surface area contributed by atoms with Crippen LogP contribution in [0.3, 0.4) is 0 Å². The van der Waals surface area contributed by atoms with Crippen LogP contribution in [-0.2, 0) is 11.8 Å². The number of alkyl halides is 10. The van der Waals surface area contributed by atoms with Gasteiger partial charge in [0.2, 0.25) is 0 Å². The van der Waals surface area contributed by atoms with Crippen molar-refractivity contribution in [2.75, 3.05) is 0 Å². The van der Waals surface area contributed by atoms with Gasteiger partial charge in [0.25, 0.3) is 0 Å². The Morgan fingerprint density at radius 2 is 1.31 bits per heavy atom. The van der Waals surface area contributed by atoms with Gasteiger partial charge in [-0.15, -0.1) is 0 Å². The van der Waals surface area contributed by atoms with Crippen LogP contribution in [0.4, 0.5) is 43.9 Å². The van der Waals surface area contributed by atoms with E-state index in [0.29, 0.717) is 0 Å². The predicted octanol–water partition coefficient (Wildman–Crippen LogP) is 7.10. The molecule has 0 aliphatic rings. The van der Waals surface area contributed by atoms with Crippen molar-refractivity contribution in [3.63, 3.8) is 0 Å². The molecule has 0 spiro atoms. The molecule has 0 fully saturated rings. The summed E-state index contributed by atoms with van der Waals surface area (Å²) < 4.78 is 132. The molecule has 2 aromatic rings. The first-order valence-electron chi connectivity index (χ1n) is 7.20. The highest BCUT2D eigenvalue weighted by atomic mass is 79.9. The standard InChI is InChI=1S/C17H5BrF10N/c18-12-6-10(15(20,21)22)5-11(14(19,16(23,24)25)17(26,27)28)13(12)9-3-1-8(7-29)2-4-9/h1-5H. The minimum Gasteiger partial charge on any atom is -0.218 e. The molecule has 0 bridgehead atoms. The van der Waals surface area contributed by atoms with E-state index in [1.165, 1.54) is 0 Å². The van der Waals surface area contributed by atoms with Gasteiger partial charge >= 0.3 is 24.2 Å². The van der Waals surface area contributed by atoms with E-state index < -0.39 is 57.0 Å². The van der Waals surface area contributed by atoms with Crippen molar-refractivity contribution in [3.05, 3.63) is 57.6 Å². The molecule has 0 atom stereocenters. The lowest BCUT2D eigenvalue weighted by Crippen LogP contribution is -2.50. The van der Waals surface area contributed by atoms with Gasteiger partial charge in [-0.25, -0.2) is 4.39 Å². The fourth-order valence-corrected chi connectivity index (χ4v) is 3.09. The molecule has 0 aliphatic heterocycles. The summed E-state index contributed by atoms with van der Waals surface area (Å²) in [5, 5.41) is 8.73. The summed E-state index contributed by atoms with van der Waals surface area (Å²) >= 11 is 2.47. The summed E-state index contributed by atoms with van der Waals surface area (Å²) in [7, 11) is 0. The van der Waals surface area contributed by atoms with Gasteiger partial charge < -0.3 is 0 Å². The van der Waals surface area contributed by atoms with Crippen LogP contribution in [0, 0.1) is 17.4 Å². The molecule has 0 heterocycles. The lowest BCUT2D eigenvalue weighted by molar-refractivity contribution is -0.348. The van der Waals surface area contributed by atoms with Crippen molar-refractivity contribution in [2.45, 2.75) is 24.2 Å². The van der Waals surface area contributed by atoms with Gasteiger partial charge in [0.05, 0.1) is 17.2 Å². The molecule has 0 amide bonds. The van der Waals surface area contributed by atoms with Gasteiger partial charge in [0.1, 0.15) is 0 Å². The number of benzene rings is 2. The molecule has 1 nitrogen and oxygen atoms in total. The van der Waals surface area contributed by atoms with Crippen LogP contribution in [0.5, 0.6) is 0 Å². The third-order valence-electron chi connectivity index (χ3n) is 3.78. The monoisotopic (exact) mass is 492 g/mol. The van der Waals surface area contributed by atoms with E-state index in [1.807, 2.05) is 0 Å². The molecule has 2 aromatic carbocycles. The summed E-state index contributed by atoms with van der Waals surface area (Å²) in [6, 6.07) is 6.38. The topological polar surface area (TPSA) is 23.8 Å². The van der Waals surface area contributed by atoms with Crippen LogP contribution in [0.2, 0.25) is 0 Å². The molecule has 0 saturated heterocycles. The molecule has 0 aromatic heterocycles. The molecule has 12 heteroatoms. The molecule has 0 N–H and O–H groups in total. The number of nitriles is 1. The molecule has 2 rings (SSSR count). The Morgan fingerprint density at radius 1 is 0.828 bits per heavy atom. The van der Waals surface area contributed by atoms with E-state index in [2.05, 4.69) is 15.9 Å². The Bertz CT molecular complexity index is 935. The molecule has 0 aliphatic carbocycles. The fraction of sp³-hybridized carbons (Fsp3) is 0.235. The summed E-state index contributed by atoms with van der Waals surface area (Å²) in [5.41, 5.74) is -12.1. The van der Waals surface area contributed by atoms with Crippen molar-refractivity contribution in [1.29, 1.82) is 5.26 Å². The highest BCUT2D eigenvalue weighted by Gasteiger charge is 2.74. The third-order valence-corrected chi connectivity index (χ3v) is 4.38.